The minimum Gasteiger partial charge on any atom is -0.346 e. The fraction of sp³-hybridized carbons (Fsp3) is 0.182. The van der Waals surface area contributed by atoms with Crippen LogP contribution in [0.15, 0.2) is 29.2 Å². The number of nitrogens with zero attached hydrogens (tertiary/aromatic N) is 3. The Morgan fingerprint density at radius 3 is 3.00 bits per heavy atom. The van der Waals surface area contributed by atoms with E-state index >= 15 is 0 Å². The third-order valence-corrected chi connectivity index (χ3v) is 2.76. The van der Waals surface area contributed by atoms with Gasteiger partial charge in [0.2, 0.25) is 0 Å². The first-order valence-corrected chi connectivity index (χ1v) is 5.14. The third kappa shape index (κ3) is 1.08. The summed E-state index contributed by atoms with van der Waals surface area (Å²) in [6.07, 6.45) is 1.79. The van der Waals surface area contributed by atoms with Crippen LogP contribution in [0.25, 0.3) is 21.9 Å². The minimum atomic E-state index is 0.0181. The number of aromatic nitrogens is 4. The first-order chi connectivity index (χ1) is 7.81. The Morgan fingerprint density at radius 2 is 2.19 bits per heavy atom. The predicted octanol–water partition coefficient (Wildman–Crippen LogP) is 1.29. The highest BCUT2D eigenvalue weighted by Gasteiger charge is 2.08. The summed E-state index contributed by atoms with van der Waals surface area (Å²) < 4.78 is 2.00. The van der Waals surface area contributed by atoms with Crippen LogP contribution in [0, 0.1) is 0 Å². The fourth-order valence-electron chi connectivity index (χ4n) is 1.97. The van der Waals surface area contributed by atoms with Crippen LogP contribution in [0.3, 0.4) is 0 Å². The Hall–Kier alpha value is -2.17. The van der Waals surface area contributed by atoms with E-state index in [4.69, 9.17) is 0 Å². The van der Waals surface area contributed by atoms with Crippen molar-refractivity contribution in [2.45, 2.75) is 13.5 Å². The SMILES string of the molecule is CCn1ccc(=O)c2ccc3n[nH]nc3c21. The fourth-order valence-corrected chi connectivity index (χ4v) is 1.97. The maximum Gasteiger partial charge on any atom is 0.189 e. The number of nitrogens with one attached hydrogen (secondary N) is 1. The van der Waals surface area contributed by atoms with Crippen LogP contribution in [0.4, 0.5) is 0 Å². The lowest BCUT2D eigenvalue weighted by Crippen LogP contribution is -2.07. The molecular formula is C11H10N4O. The largest absolute Gasteiger partial charge is 0.346 e. The molecule has 1 aromatic carbocycles. The molecule has 0 atom stereocenters. The van der Waals surface area contributed by atoms with Gasteiger partial charge in [-0.1, -0.05) is 0 Å². The standard InChI is InChI=1S/C11H10N4O/c1-2-15-6-5-9(16)7-3-4-8-10(11(7)15)13-14-12-8/h3-6H,2H2,1H3,(H,12,13,14). The van der Waals surface area contributed by atoms with Gasteiger partial charge in [-0.3, -0.25) is 4.79 Å². The Morgan fingerprint density at radius 1 is 1.31 bits per heavy atom. The molecule has 5 nitrogen and oxygen atoms in total. The molecule has 2 aromatic heterocycles. The molecule has 0 unspecified atom stereocenters. The second-order valence-electron chi connectivity index (χ2n) is 3.62. The Bertz CT molecular complexity index is 726. The molecule has 0 aliphatic heterocycles. The van der Waals surface area contributed by atoms with E-state index in [1.54, 1.807) is 18.3 Å². The monoisotopic (exact) mass is 214 g/mol. The summed E-state index contributed by atoms with van der Waals surface area (Å²) in [5, 5.41) is 11.4. The highest BCUT2D eigenvalue weighted by molar-refractivity contribution is 6.01. The van der Waals surface area contributed by atoms with Crippen LogP contribution < -0.4 is 5.43 Å². The molecule has 3 rings (SSSR count). The van der Waals surface area contributed by atoms with Gasteiger partial charge in [-0.2, -0.15) is 15.4 Å². The number of benzene rings is 1. The van der Waals surface area contributed by atoms with Gasteiger partial charge in [0.1, 0.15) is 11.0 Å². The van der Waals surface area contributed by atoms with Crippen molar-refractivity contribution in [1.29, 1.82) is 0 Å². The molecule has 2 heterocycles. The molecule has 1 N–H and O–H groups in total. The molecule has 3 aromatic rings. The number of hydrogen-bond donors (Lipinski definition) is 1. The number of H-pyrrole nitrogens is 1. The van der Waals surface area contributed by atoms with Gasteiger partial charge in [0.05, 0.1) is 5.52 Å². The summed E-state index contributed by atoms with van der Waals surface area (Å²) in [4.78, 5) is 11.7. The topological polar surface area (TPSA) is 63.6 Å². The van der Waals surface area contributed by atoms with E-state index in [1.165, 1.54) is 0 Å². The molecule has 0 spiro atoms. The highest BCUT2D eigenvalue weighted by atomic mass is 16.1. The Balaban J connectivity index is 2.65. The number of pyridine rings is 1. The van der Waals surface area contributed by atoms with Gasteiger partial charge in [-0.25, -0.2) is 0 Å². The number of fused-ring (bicyclic) bond motifs is 3. The average Bonchev–Trinajstić information content (AvgIpc) is 2.77. The normalized spacial score (nSPS) is 11.3. The molecule has 16 heavy (non-hydrogen) atoms. The van der Waals surface area contributed by atoms with Crippen molar-refractivity contribution in [3.05, 3.63) is 34.6 Å². The predicted molar refractivity (Wildman–Crippen MR) is 61.3 cm³/mol. The number of aryl methyl sites for hydroxylation is 1. The molecule has 0 saturated heterocycles. The number of aromatic amines is 1. The first kappa shape index (κ1) is 9.08. The first-order valence-electron chi connectivity index (χ1n) is 5.14. The quantitative estimate of drug-likeness (QED) is 0.664. The van der Waals surface area contributed by atoms with Crippen molar-refractivity contribution in [2.75, 3.05) is 0 Å². The van der Waals surface area contributed by atoms with Crippen LogP contribution in [0.2, 0.25) is 0 Å². The second-order valence-corrected chi connectivity index (χ2v) is 3.62. The summed E-state index contributed by atoms with van der Waals surface area (Å²) in [6.45, 7) is 2.82. The smallest absolute Gasteiger partial charge is 0.189 e. The third-order valence-electron chi connectivity index (χ3n) is 2.76. The summed E-state index contributed by atoms with van der Waals surface area (Å²) in [5.74, 6) is 0. The van der Waals surface area contributed by atoms with E-state index in [0.29, 0.717) is 5.39 Å². The molecule has 0 saturated carbocycles. The average molecular weight is 214 g/mol. The zero-order valence-electron chi connectivity index (χ0n) is 8.77. The summed E-state index contributed by atoms with van der Waals surface area (Å²) >= 11 is 0. The van der Waals surface area contributed by atoms with Crippen LogP contribution >= 0.6 is 0 Å². The lowest BCUT2D eigenvalue weighted by molar-refractivity contribution is 0.789. The molecule has 0 aliphatic carbocycles. The van der Waals surface area contributed by atoms with E-state index in [0.717, 1.165) is 23.1 Å². The van der Waals surface area contributed by atoms with Crippen molar-refractivity contribution in [1.82, 2.24) is 20.0 Å². The van der Waals surface area contributed by atoms with Crippen molar-refractivity contribution in [3.63, 3.8) is 0 Å². The molecule has 80 valence electrons. The summed E-state index contributed by atoms with van der Waals surface area (Å²) in [5.41, 5.74) is 2.39. The summed E-state index contributed by atoms with van der Waals surface area (Å²) in [7, 11) is 0. The maximum absolute atomic E-state index is 11.7. The molecule has 0 amide bonds. The summed E-state index contributed by atoms with van der Waals surface area (Å²) in [6, 6.07) is 5.19. The van der Waals surface area contributed by atoms with Crippen LogP contribution in [0.5, 0.6) is 0 Å². The van der Waals surface area contributed by atoms with Crippen LogP contribution in [-0.2, 0) is 6.54 Å². The van der Waals surface area contributed by atoms with Gasteiger partial charge in [0.25, 0.3) is 0 Å². The molecule has 0 bridgehead atoms. The van der Waals surface area contributed by atoms with Crippen molar-refractivity contribution in [3.8, 4) is 0 Å². The van der Waals surface area contributed by atoms with Crippen LogP contribution in [-0.4, -0.2) is 20.0 Å². The molecule has 5 heteroatoms. The maximum atomic E-state index is 11.7. The van der Waals surface area contributed by atoms with Gasteiger partial charge in [0.15, 0.2) is 5.43 Å². The zero-order chi connectivity index (χ0) is 11.1. The van der Waals surface area contributed by atoms with Gasteiger partial charge in [-0.15, -0.1) is 0 Å². The van der Waals surface area contributed by atoms with Crippen molar-refractivity contribution in [2.24, 2.45) is 0 Å². The van der Waals surface area contributed by atoms with E-state index < -0.39 is 0 Å². The zero-order valence-corrected chi connectivity index (χ0v) is 8.77. The van der Waals surface area contributed by atoms with E-state index in [9.17, 15) is 4.79 Å². The molecular weight excluding hydrogens is 204 g/mol. The Labute approximate surface area is 90.7 Å². The Kier molecular flexibility index (Phi) is 1.80. The van der Waals surface area contributed by atoms with E-state index in [-0.39, 0.29) is 5.43 Å². The van der Waals surface area contributed by atoms with Gasteiger partial charge >= 0.3 is 0 Å². The number of hydrogen-bond acceptors (Lipinski definition) is 3. The minimum absolute atomic E-state index is 0.0181. The van der Waals surface area contributed by atoms with Crippen molar-refractivity contribution < 1.29 is 0 Å². The van der Waals surface area contributed by atoms with Gasteiger partial charge in [0, 0.05) is 24.2 Å². The molecule has 0 aliphatic rings. The van der Waals surface area contributed by atoms with Crippen molar-refractivity contribution >= 4 is 21.9 Å². The highest BCUT2D eigenvalue weighted by Crippen LogP contribution is 2.19. The van der Waals surface area contributed by atoms with Crippen LogP contribution in [0.1, 0.15) is 6.92 Å². The molecule has 0 fully saturated rings. The van der Waals surface area contributed by atoms with E-state index in [1.807, 2.05) is 17.6 Å². The lowest BCUT2D eigenvalue weighted by Gasteiger charge is -2.07. The van der Waals surface area contributed by atoms with E-state index in [2.05, 4.69) is 15.4 Å². The second kappa shape index (κ2) is 3.16. The number of rotatable bonds is 1. The lowest BCUT2D eigenvalue weighted by atomic mass is 10.2. The van der Waals surface area contributed by atoms with Gasteiger partial charge in [-0.05, 0) is 19.1 Å². The molecule has 0 radical (unpaired) electrons. The van der Waals surface area contributed by atoms with Gasteiger partial charge < -0.3 is 4.57 Å².